The van der Waals surface area contributed by atoms with Crippen LogP contribution in [0, 0.1) is 0 Å². The van der Waals surface area contributed by atoms with E-state index in [1.165, 1.54) is 0 Å². The topological polar surface area (TPSA) is 135 Å². The highest BCUT2D eigenvalue weighted by atomic mass is 16.1. The average molecular weight is 500 g/mol. The molecular weight excluding hydrogens is 478 g/mol. The molecule has 0 saturated heterocycles. The van der Waals surface area contributed by atoms with Crippen molar-refractivity contribution in [2.75, 3.05) is 5.32 Å². The Morgan fingerprint density at radius 3 is 2.74 bits per heavy atom. The van der Waals surface area contributed by atoms with E-state index in [-0.39, 0.29) is 5.91 Å². The van der Waals surface area contributed by atoms with E-state index >= 15 is 0 Å². The molecule has 3 aromatic heterocycles. The molecule has 0 radical (unpaired) electrons. The Bertz CT molecular complexity index is 1910. The standard InChI is InChI=1S/C28H21N9O/c38-28(33-20-9-10-29-30-15-20)25-12-16-5-6-17(13-24(16)34-25)26-35-23-4-2-1-3-21(23)27(36-26)32-19-7-8-22-18(11-19)14-31-37-22/h1-15,29-30,34H,(H,31,37)(H,33,38)(H,32,35,36). The lowest BCUT2D eigenvalue weighted by Gasteiger charge is -2.11. The zero-order valence-corrected chi connectivity index (χ0v) is 19.9. The van der Waals surface area contributed by atoms with Gasteiger partial charge in [0.1, 0.15) is 11.5 Å². The van der Waals surface area contributed by atoms with Crippen LogP contribution in [0.25, 0.3) is 44.1 Å². The van der Waals surface area contributed by atoms with Gasteiger partial charge in [-0.25, -0.2) is 9.97 Å². The molecule has 0 aliphatic carbocycles. The Morgan fingerprint density at radius 2 is 1.82 bits per heavy atom. The van der Waals surface area contributed by atoms with Gasteiger partial charge in [0.25, 0.3) is 5.91 Å². The number of hydrazine groups is 1. The van der Waals surface area contributed by atoms with Crippen LogP contribution in [0.1, 0.15) is 10.5 Å². The minimum atomic E-state index is -0.231. The monoisotopic (exact) mass is 499 g/mol. The van der Waals surface area contributed by atoms with Crippen molar-refractivity contribution < 1.29 is 4.79 Å². The van der Waals surface area contributed by atoms with E-state index in [4.69, 9.17) is 9.97 Å². The second-order valence-electron chi connectivity index (χ2n) is 8.87. The molecule has 0 bridgehead atoms. The summed E-state index contributed by atoms with van der Waals surface area (Å²) in [6.45, 7) is 0. The van der Waals surface area contributed by atoms with E-state index in [0.717, 1.165) is 44.0 Å². The van der Waals surface area contributed by atoms with Crippen LogP contribution in [0.4, 0.5) is 11.5 Å². The van der Waals surface area contributed by atoms with Gasteiger partial charge in [-0.1, -0.05) is 24.3 Å². The third-order valence-corrected chi connectivity index (χ3v) is 6.35. The number of carbonyl (C=O) groups excluding carboxylic acids is 1. The first-order valence-electron chi connectivity index (χ1n) is 12.0. The molecule has 0 spiro atoms. The van der Waals surface area contributed by atoms with Gasteiger partial charge in [0.15, 0.2) is 5.82 Å². The first kappa shape index (κ1) is 21.6. The fourth-order valence-corrected chi connectivity index (χ4v) is 4.47. The smallest absolute Gasteiger partial charge is 0.272 e. The largest absolute Gasteiger partial charge is 0.350 e. The van der Waals surface area contributed by atoms with Gasteiger partial charge < -0.3 is 26.5 Å². The number of para-hydroxylation sites is 1. The summed E-state index contributed by atoms with van der Waals surface area (Å²) in [6, 6.07) is 21.6. The van der Waals surface area contributed by atoms with Crippen molar-refractivity contribution in [3.8, 4) is 11.4 Å². The van der Waals surface area contributed by atoms with Gasteiger partial charge in [0.2, 0.25) is 0 Å². The van der Waals surface area contributed by atoms with Gasteiger partial charge in [-0.3, -0.25) is 9.89 Å². The van der Waals surface area contributed by atoms with Gasteiger partial charge in [-0.05, 0) is 48.5 Å². The van der Waals surface area contributed by atoms with Crippen LogP contribution >= 0.6 is 0 Å². The van der Waals surface area contributed by atoms with E-state index in [1.807, 2.05) is 66.7 Å². The van der Waals surface area contributed by atoms with E-state index in [0.29, 0.717) is 23.0 Å². The third-order valence-electron chi connectivity index (χ3n) is 6.35. The summed E-state index contributed by atoms with van der Waals surface area (Å²) >= 11 is 0. The van der Waals surface area contributed by atoms with Crippen molar-refractivity contribution >= 4 is 50.1 Å². The number of aromatic nitrogens is 5. The maximum atomic E-state index is 12.8. The molecule has 3 aromatic carbocycles. The van der Waals surface area contributed by atoms with Gasteiger partial charge >= 0.3 is 0 Å². The number of anilines is 2. The van der Waals surface area contributed by atoms with Gasteiger partial charge in [-0.2, -0.15) is 5.10 Å². The normalized spacial score (nSPS) is 12.8. The maximum Gasteiger partial charge on any atom is 0.272 e. The lowest BCUT2D eigenvalue weighted by Crippen LogP contribution is -2.30. The second-order valence-corrected chi connectivity index (χ2v) is 8.87. The number of amides is 1. The minimum Gasteiger partial charge on any atom is -0.350 e. The maximum absolute atomic E-state index is 12.8. The van der Waals surface area contributed by atoms with Crippen LogP contribution in [0.5, 0.6) is 0 Å². The average Bonchev–Trinajstić information content (AvgIpc) is 3.60. The number of rotatable bonds is 5. The molecule has 10 heteroatoms. The molecule has 10 nitrogen and oxygen atoms in total. The molecule has 1 aliphatic rings. The van der Waals surface area contributed by atoms with Crippen molar-refractivity contribution in [2.45, 2.75) is 0 Å². The van der Waals surface area contributed by atoms with Crippen LogP contribution in [0.2, 0.25) is 0 Å². The molecule has 0 saturated carbocycles. The number of allylic oxidation sites excluding steroid dienone is 1. The number of nitrogens with one attached hydrogen (secondary N) is 6. The van der Waals surface area contributed by atoms with Crippen molar-refractivity contribution in [1.29, 1.82) is 0 Å². The zero-order chi connectivity index (χ0) is 25.5. The summed E-state index contributed by atoms with van der Waals surface area (Å²) < 4.78 is 0. The van der Waals surface area contributed by atoms with E-state index in [9.17, 15) is 4.79 Å². The fourth-order valence-electron chi connectivity index (χ4n) is 4.47. The highest BCUT2D eigenvalue weighted by molar-refractivity contribution is 6.00. The molecule has 0 fully saturated rings. The Balaban J connectivity index is 1.24. The first-order valence-corrected chi connectivity index (χ1v) is 12.0. The van der Waals surface area contributed by atoms with Crippen LogP contribution in [-0.4, -0.2) is 31.1 Å². The Kier molecular flexibility index (Phi) is 5.00. The second kappa shape index (κ2) is 8.79. The molecule has 4 heterocycles. The molecular formula is C28H21N9O. The summed E-state index contributed by atoms with van der Waals surface area (Å²) in [6.07, 6.45) is 6.94. The molecule has 184 valence electrons. The van der Waals surface area contributed by atoms with E-state index in [1.54, 1.807) is 24.7 Å². The van der Waals surface area contributed by atoms with Crippen molar-refractivity contribution in [3.05, 3.63) is 103 Å². The summed E-state index contributed by atoms with van der Waals surface area (Å²) in [5.74, 6) is 1.05. The fraction of sp³-hybridized carbons (Fsp3) is 0. The van der Waals surface area contributed by atoms with Crippen LogP contribution < -0.4 is 21.5 Å². The number of fused-ring (bicyclic) bond motifs is 3. The number of H-pyrrole nitrogens is 2. The van der Waals surface area contributed by atoms with Gasteiger partial charge in [-0.15, -0.1) is 0 Å². The SMILES string of the molecule is O=C(NC1=CNNC=C1)c1cc2ccc(-c3nc(Nc4ccc5[nH]ncc5c4)c4ccccc4n3)cc2[nH]1. The molecule has 0 unspecified atom stereocenters. The number of nitrogens with zero attached hydrogens (tertiary/aromatic N) is 3. The molecule has 0 atom stereocenters. The summed E-state index contributed by atoms with van der Waals surface area (Å²) in [5, 5.41) is 16.2. The third kappa shape index (κ3) is 3.95. The molecule has 6 aromatic rings. The molecule has 6 N–H and O–H groups in total. The van der Waals surface area contributed by atoms with Crippen LogP contribution in [-0.2, 0) is 0 Å². The Morgan fingerprint density at radius 1 is 0.868 bits per heavy atom. The number of hydrogen-bond donors (Lipinski definition) is 6. The summed E-state index contributed by atoms with van der Waals surface area (Å²) in [4.78, 5) is 25.7. The first-order chi connectivity index (χ1) is 18.7. The quantitative estimate of drug-likeness (QED) is 0.204. The molecule has 1 amide bonds. The zero-order valence-electron chi connectivity index (χ0n) is 19.9. The number of benzene rings is 3. The van der Waals surface area contributed by atoms with Gasteiger partial charge in [0, 0.05) is 45.3 Å². The predicted molar refractivity (Wildman–Crippen MR) is 147 cm³/mol. The summed E-state index contributed by atoms with van der Waals surface area (Å²) in [5.41, 5.74) is 11.1. The van der Waals surface area contributed by atoms with Crippen molar-refractivity contribution in [3.63, 3.8) is 0 Å². The molecule has 38 heavy (non-hydrogen) atoms. The van der Waals surface area contributed by atoms with E-state index in [2.05, 4.69) is 36.7 Å². The van der Waals surface area contributed by atoms with Crippen LogP contribution in [0.15, 0.2) is 97.1 Å². The Hall–Kier alpha value is -5.64. The lowest BCUT2D eigenvalue weighted by atomic mass is 10.1. The van der Waals surface area contributed by atoms with Crippen molar-refractivity contribution in [2.24, 2.45) is 0 Å². The number of hydrogen-bond acceptors (Lipinski definition) is 7. The van der Waals surface area contributed by atoms with E-state index < -0.39 is 0 Å². The highest BCUT2D eigenvalue weighted by Crippen LogP contribution is 2.30. The number of aromatic amines is 2. The number of carbonyl (C=O) groups is 1. The minimum absolute atomic E-state index is 0.231. The lowest BCUT2D eigenvalue weighted by molar-refractivity contribution is 0.0962. The Labute approximate surface area is 215 Å². The van der Waals surface area contributed by atoms with Crippen LogP contribution in [0.3, 0.4) is 0 Å². The molecule has 7 rings (SSSR count). The predicted octanol–water partition coefficient (Wildman–Crippen LogP) is 4.59. The summed E-state index contributed by atoms with van der Waals surface area (Å²) in [7, 11) is 0. The van der Waals surface area contributed by atoms with Crippen molar-refractivity contribution in [1.82, 2.24) is 41.3 Å². The highest BCUT2D eigenvalue weighted by Gasteiger charge is 2.14. The molecule has 1 aliphatic heterocycles. The van der Waals surface area contributed by atoms with Gasteiger partial charge in [0.05, 0.1) is 22.9 Å².